The number of carbonyl (C=O) groups excluding carboxylic acids is 1. The van der Waals surface area contributed by atoms with Crippen molar-refractivity contribution in [1.82, 2.24) is 10.3 Å². The number of amides is 1. The Morgan fingerprint density at radius 3 is 2.65 bits per heavy atom. The summed E-state index contributed by atoms with van der Waals surface area (Å²) in [7, 11) is 0. The van der Waals surface area contributed by atoms with Crippen molar-refractivity contribution >= 4 is 11.7 Å². The Hall–Kier alpha value is -1.62. The number of nitrogens with one attached hydrogen (secondary N) is 2. The molecule has 0 radical (unpaired) electrons. The number of aromatic nitrogens is 1. The van der Waals surface area contributed by atoms with Crippen molar-refractivity contribution in [3.05, 3.63) is 23.4 Å². The van der Waals surface area contributed by atoms with Gasteiger partial charge in [0.05, 0.1) is 0 Å². The van der Waals surface area contributed by atoms with E-state index >= 15 is 0 Å². The smallest absolute Gasteiger partial charge is 0.251 e. The van der Waals surface area contributed by atoms with Gasteiger partial charge in [0, 0.05) is 17.3 Å². The highest BCUT2D eigenvalue weighted by Crippen LogP contribution is 2.33. The molecule has 0 aliphatic heterocycles. The maximum Gasteiger partial charge on any atom is 0.251 e. The molecule has 0 aromatic carbocycles. The maximum absolute atomic E-state index is 12.3. The summed E-state index contributed by atoms with van der Waals surface area (Å²) < 4.78 is 0. The normalized spacial score (nSPS) is 16.1. The van der Waals surface area contributed by atoms with Crippen LogP contribution in [0.1, 0.15) is 62.0 Å². The molecule has 2 rings (SSSR count). The molecular weight excluding hydrogens is 252 g/mol. The number of nitrogen functional groups attached to an aromatic ring is 1. The van der Waals surface area contributed by atoms with Crippen LogP contribution in [0.3, 0.4) is 0 Å². The topological polar surface area (TPSA) is 80.0 Å². The summed E-state index contributed by atoms with van der Waals surface area (Å²) in [5.41, 5.74) is 3.99. The average Bonchev–Trinajstić information content (AvgIpc) is 3.21. The molecule has 5 nitrogen and oxygen atoms in total. The monoisotopic (exact) mass is 276 g/mol. The maximum atomic E-state index is 12.3. The lowest BCUT2D eigenvalue weighted by Gasteiger charge is -2.15. The number of nitrogens with zero attached hydrogens (tertiary/aromatic N) is 1. The van der Waals surface area contributed by atoms with E-state index in [9.17, 15) is 4.79 Å². The zero-order valence-corrected chi connectivity index (χ0v) is 12.4. The van der Waals surface area contributed by atoms with Gasteiger partial charge in [-0.15, -0.1) is 0 Å². The largest absolute Gasteiger partial charge is 0.350 e. The molecule has 110 valence electrons. The summed E-state index contributed by atoms with van der Waals surface area (Å²) in [5.74, 6) is 6.94. The van der Waals surface area contributed by atoms with E-state index in [1.165, 1.54) is 12.8 Å². The van der Waals surface area contributed by atoms with Crippen LogP contribution < -0.4 is 16.6 Å². The first kappa shape index (κ1) is 14.8. The fourth-order valence-electron chi connectivity index (χ4n) is 2.27. The number of hydrogen-bond acceptors (Lipinski definition) is 4. The van der Waals surface area contributed by atoms with Crippen LogP contribution in [0.15, 0.2) is 12.1 Å². The SMILES string of the molecule is CC(CC1CC1)NC(=O)c1cc(NN)nc(C(C)C)c1. The molecule has 1 amide bonds. The van der Waals surface area contributed by atoms with Crippen molar-refractivity contribution in [1.29, 1.82) is 0 Å². The van der Waals surface area contributed by atoms with E-state index in [0.29, 0.717) is 11.4 Å². The van der Waals surface area contributed by atoms with E-state index in [0.717, 1.165) is 18.0 Å². The molecule has 1 heterocycles. The Kier molecular flexibility index (Phi) is 4.60. The molecule has 0 saturated heterocycles. The van der Waals surface area contributed by atoms with Crippen molar-refractivity contribution in [3.8, 4) is 0 Å². The first-order valence-electron chi connectivity index (χ1n) is 7.29. The summed E-state index contributed by atoms with van der Waals surface area (Å²) in [6, 6.07) is 3.73. The highest BCUT2D eigenvalue weighted by atomic mass is 16.1. The predicted octanol–water partition coefficient (Wildman–Crippen LogP) is 2.41. The molecule has 1 atom stereocenters. The zero-order valence-electron chi connectivity index (χ0n) is 12.4. The number of rotatable bonds is 6. The van der Waals surface area contributed by atoms with Gasteiger partial charge in [-0.05, 0) is 37.3 Å². The first-order chi connectivity index (χ1) is 9.49. The number of carbonyl (C=O) groups is 1. The summed E-state index contributed by atoms with van der Waals surface area (Å²) in [4.78, 5) is 16.6. The van der Waals surface area contributed by atoms with Gasteiger partial charge < -0.3 is 10.7 Å². The molecule has 4 N–H and O–H groups in total. The minimum Gasteiger partial charge on any atom is -0.350 e. The third-order valence-corrected chi connectivity index (χ3v) is 3.61. The van der Waals surface area contributed by atoms with Crippen LogP contribution in [0.2, 0.25) is 0 Å². The van der Waals surface area contributed by atoms with E-state index in [4.69, 9.17) is 5.84 Å². The van der Waals surface area contributed by atoms with E-state index in [2.05, 4.69) is 22.7 Å². The van der Waals surface area contributed by atoms with Gasteiger partial charge in [-0.2, -0.15) is 0 Å². The number of hydrazine groups is 1. The van der Waals surface area contributed by atoms with E-state index in [1.807, 2.05) is 19.9 Å². The van der Waals surface area contributed by atoms with Crippen molar-refractivity contribution in [2.24, 2.45) is 11.8 Å². The Labute approximate surface area is 120 Å². The van der Waals surface area contributed by atoms with E-state index in [1.54, 1.807) is 6.07 Å². The minimum atomic E-state index is -0.0565. The second-order valence-electron chi connectivity index (χ2n) is 6.02. The summed E-state index contributed by atoms with van der Waals surface area (Å²) in [6.45, 7) is 6.14. The Morgan fingerprint density at radius 1 is 1.40 bits per heavy atom. The Bertz CT molecular complexity index is 483. The molecule has 1 fully saturated rings. The van der Waals surface area contributed by atoms with E-state index in [-0.39, 0.29) is 17.9 Å². The van der Waals surface area contributed by atoms with Crippen molar-refractivity contribution in [2.75, 3.05) is 5.43 Å². The Morgan fingerprint density at radius 2 is 2.10 bits per heavy atom. The zero-order chi connectivity index (χ0) is 14.7. The molecule has 20 heavy (non-hydrogen) atoms. The molecular formula is C15H24N4O. The van der Waals surface area contributed by atoms with Crippen LogP contribution in [0.4, 0.5) is 5.82 Å². The predicted molar refractivity (Wildman–Crippen MR) is 80.4 cm³/mol. The fraction of sp³-hybridized carbons (Fsp3) is 0.600. The number of hydrogen-bond donors (Lipinski definition) is 3. The number of anilines is 1. The lowest BCUT2D eigenvalue weighted by atomic mass is 10.1. The van der Waals surface area contributed by atoms with Crippen molar-refractivity contribution in [2.45, 2.75) is 52.0 Å². The van der Waals surface area contributed by atoms with Gasteiger partial charge in [0.1, 0.15) is 5.82 Å². The quantitative estimate of drug-likeness (QED) is 0.550. The van der Waals surface area contributed by atoms with Gasteiger partial charge in [0.2, 0.25) is 0 Å². The van der Waals surface area contributed by atoms with Gasteiger partial charge in [0.15, 0.2) is 0 Å². The van der Waals surface area contributed by atoms with Gasteiger partial charge >= 0.3 is 0 Å². The Balaban J connectivity index is 2.08. The van der Waals surface area contributed by atoms with Gasteiger partial charge in [0.25, 0.3) is 5.91 Å². The molecule has 1 saturated carbocycles. The van der Waals surface area contributed by atoms with Crippen LogP contribution in [-0.2, 0) is 0 Å². The lowest BCUT2D eigenvalue weighted by molar-refractivity contribution is 0.0937. The molecule has 1 aromatic heterocycles. The molecule has 5 heteroatoms. The van der Waals surface area contributed by atoms with Gasteiger partial charge in [-0.25, -0.2) is 10.8 Å². The minimum absolute atomic E-state index is 0.0565. The molecule has 1 aliphatic rings. The number of pyridine rings is 1. The van der Waals surface area contributed by atoms with Crippen LogP contribution in [-0.4, -0.2) is 16.9 Å². The van der Waals surface area contributed by atoms with Gasteiger partial charge in [-0.3, -0.25) is 4.79 Å². The number of nitrogens with two attached hydrogens (primary N) is 1. The molecule has 1 unspecified atom stereocenters. The fourth-order valence-corrected chi connectivity index (χ4v) is 2.27. The summed E-state index contributed by atoms with van der Waals surface area (Å²) >= 11 is 0. The summed E-state index contributed by atoms with van der Waals surface area (Å²) in [5, 5.41) is 3.05. The van der Waals surface area contributed by atoms with Crippen molar-refractivity contribution < 1.29 is 4.79 Å². The second-order valence-corrected chi connectivity index (χ2v) is 6.02. The molecule has 1 aliphatic carbocycles. The molecule has 0 spiro atoms. The van der Waals surface area contributed by atoms with Crippen LogP contribution >= 0.6 is 0 Å². The third kappa shape index (κ3) is 3.93. The highest BCUT2D eigenvalue weighted by molar-refractivity contribution is 5.95. The lowest BCUT2D eigenvalue weighted by Crippen LogP contribution is -2.33. The van der Waals surface area contributed by atoms with Gasteiger partial charge in [-0.1, -0.05) is 26.7 Å². The first-order valence-corrected chi connectivity index (χ1v) is 7.29. The van der Waals surface area contributed by atoms with Crippen LogP contribution in [0.5, 0.6) is 0 Å². The molecule has 1 aromatic rings. The van der Waals surface area contributed by atoms with E-state index < -0.39 is 0 Å². The van der Waals surface area contributed by atoms with Crippen LogP contribution in [0, 0.1) is 5.92 Å². The summed E-state index contributed by atoms with van der Waals surface area (Å²) in [6.07, 6.45) is 3.66. The average molecular weight is 276 g/mol. The standard InChI is InChI=1S/C15H24N4O/c1-9(2)13-7-12(8-14(18-13)19-16)15(20)17-10(3)6-11-4-5-11/h7-11H,4-6,16H2,1-3H3,(H,17,20)(H,18,19). The molecule has 0 bridgehead atoms. The second kappa shape index (κ2) is 6.22. The highest BCUT2D eigenvalue weighted by Gasteiger charge is 2.24. The van der Waals surface area contributed by atoms with Crippen LogP contribution in [0.25, 0.3) is 0 Å². The van der Waals surface area contributed by atoms with Crippen molar-refractivity contribution in [3.63, 3.8) is 0 Å². The third-order valence-electron chi connectivity index (χ3n) is 3.61.